The maximum atomic E-state index is 11.6. The molecule has 1 N–H and O–H groups in total. The van der Waals surface area contributed by atoms with Crippen molar-refractivity contribution in [2.24, 2.45) is 0 Å². The first kappa shape index (κ1) is 11.1. The predicted molar refractivity (Wildman–Crippen MR) is 61.3 cm³/mol. The summed E-state index contributed by atoms with van der Waals surface area (Å²) in [6.45, 7) is 3.21. The van der Waals surface area contributed by atoms with Crippen molar-refractivity contribution in [3.63, 3.8) is 0 Å². The third-order valence-electron chi connectivity index (χ3n) is 2.43. The van der Waals surface area contributed by atoms with Crippen LogP contribution in [0.25, 0.3) is 0 Å². The van der Waals surface area contributed by atoms with Crippen LogP contribution >= 0.6 is 11.3 Å². The molecule has 16 heavy (non-hydrogen) atoms. The van der Waals surface area contributed by atoms with E-state index in [1.54, 1.807) is 4.90 Å². The number of nitrogens with zero attached hydrogens (tertiary/aromatic N) is 2. The quantitative estimate of drug-likeness (QED) is 0.744. The lowest BCUT2D eigenvalue weighted by molar-refractivity contribution is -0.142. The van der Waals surface area contributed by atoms with Gasteiger partial charge in [0.25, 0.3) is 0 Å². The summed E-state index contributed by atoms with van der Waals surface area (Å²) in [5.74, 6) is -1.04. The van der Waals surface area contributed by atoms with Gasteiger partial charge in [-0.15, -0.1) is 11.3 Å². The molecule has 86 valence electrons. The molecule has 5 nitrogen and oxygen atoms in total. The van der Waals surface area contributed by atoms with Gasteiger partial charge in [-0.1, -0.05) is 0 Å². The molecule has 0 saturated carbocycles. The van der Waals surface area contributed by atoms with Gasteiger partial charge in [-0.3, -0.25) is 14.9 Å². The summed E-state index contributed by atoms with van der Waals surface area (Å²) >= 11 is 1.32. The zero-order valence-electron chi connectivity index (χ0n) is 9.02. The minimum Gasteiger partial charge on any atom is -0.334 e. The Bertz CT molecular complexity index is 410. The van der Waals surface area contributed by atoms with Gasteiger partial charge in [-0.2, -0.15) is 0 Å². The van der Waals surface area contributed by atoms with Crippen LogP contribution in [0.4, 0.5) is 5.13 Å². The number of aryl methyl sites for hydroxylation is 1. The van der Waals surface area contributed by atoms with E-state index in [0.29, 0.717) is 18.2 Å². The maximum Gasteiger partial charge on any atom is 0.315 e. The molecule has 1 fully saturated rings. The molecule has 1 aliphatic rings. The van der Waals surface area contributed by atoms with E-state index >= 15 is 0 Å². The Morgan fingerprint density at radius 1 is 1.44 bits per heavy atom. The summed E-state index contributed by atoms with van der Waals surface area (Å²) in [7, 11) is 0. The molecule has 0 spiro atoms. The fraction of sp³-hybridized carbons (Fsp3) is 0.500. The average molecular weight is 239 g/mol. The predicted octanol–water partition coefficient (Wildman–Crippen LogP) is 1.01. The highest BCUT2D eigenvalue weighted by Crippen LogP contribution is 2.15. The van der Waals surface area contributed by atoms with Gasteiger partial charge < -0.3 is 4.90 Å². The summed E-state index contributed by atoms with van der Waals surface area (Å²) in [5, 5.41) is 4.83. The smallest absolute Gasteiger partial charge is 0.315 e. The number of nitrogens with one attached hydrogen (secondary N) is 1. The Morgan fingerprint density at radius 3 is 2.69 bits per heavy atom. The van der Waals surface area contributed by atoms with Crippen molar-refractivity contribution >= 4 is 28.3 Å². The number of thiazole rings is 1. The second-order valence-corrected chi connectivity index (χ2v) is 4.61. The standard InChI is InChI=1S/C10H13N3O2S/c1-7-6-16-10(11-7)12-8(14)9(15)13-4-2-3-5-13/h6H,2-5H2,1H3,(H,11,12,14). The van der Waals surface area contributed by atoms with Gasteiger partial charge in [-0.05, 0) is 19.8 Å². The largest absolute Gasteiger partial charge is 0.334 e. The van der Waals surface area contributed by atoms with Gasteiger partial charge in [-0.25, -0.2) is 4.98 Å². The normalized spacial score (nSPS) is 15.2. The van der Waals surface area contributed by atoms with Crippen LogP contribution in [0.3, 0.4) is 0 Å². The highest BCUT2D eigenvalue weighted by atomic mass is 32.1. The molecule has 0 atom stereocenters. The molecule has 0 aliphatic carbocycles. The molecule has 0 radical (unpaired) electrons. The fourth-order valence-electron chi connectivity index (χ4n) is 1.63. The summed E-state index contributed by atoms with van der Waals surface area (Å²) in [6, 6.07) is 0. The lowest BCUT2D eigenvalue weighted by Crippen LogP contribution is -2.37. The first-order valence-corrected chi connectivity index (χ1v) is 6.07. The van der Waals surface area contributed by atoms with Gasteiger partial charge in [0.1, 0.15) is 0 Å². The van der Waals surface area contributed by atoms with Crippen LogP contribution in [0.15, 0.2) is 5.38 Å². The van der Waals surface area contributed by atoms with Crippen LogP contribution in [-0.2, 0) is 9.59 Å². The number of hydrogen-bond donors (Lipinski definition) is 1. The van der Waals surface area contributed by atoms with Crippen molar-refractivity contribution in [3.8, 4) is 0 Å². The first-order valence-electron chi connectivity index (χ1n) is 5.19. The van der Waals surface area contributed by atoms with Gasteiger partial charge in [0, 0.05) is 18.5 Å². The molecule has 2 amide bonds. The van der Waals surface area contributed by atoms with Crippen molar-refractivity contribution in [2.45, 2.75) is 19.8 Å². The number of carbonyl (C=O) groups is 2. The molecular weight excluding hydrogens is 226 g/mol. The van der Waals surface area contributed by atoms with Crippen LogP contribution in [-0.4, -0.2) is 34.8 Å². The highest BCUT2D eigenvalue weighted by Gasteiger charge is 2.24. The zero-order chi connectivity index (χ0) is 11.5. The monoisotopic (exact) mass is 239 g/mol. The van der Waals surface area contributed by atoms with Crippen LogP contribution in [0.2, 0.25) is 0 Å². The van der Waals surface area contributed by atoms with E-state index in [2.05, 4.69) is 10.3 Å². The molecule has 0 unspecified atom stereocenters. The number of carbonyl (C=O) groups excluding carboxylic acids is 2. The number of rotatable bonds is 1. The Labute approximate surface area is 97.5 Å². The SMILES string of the molecule is Cc1csc(NC(=O)C(=O)N2CCCC2)n1. The highest BCUT2D eigenvalue weighted by molar-refractivity contribution is 7.14. The summed E-state index contributed by atoms with van der Waals surface area (Å²) < 4.78 is 0. The molecule has 2 heterocycles. The van der Waals surface area contributed by atoms with E-state index in [1.807, 2.05) is 12.3 Å². The Hall–Kier alpha value is -1.43. The number of anilines is 1. The fourth-order valence-corrected chi connectivity index (χ4v) is 2.31. The zero-order valence-corrected chi connectivity index (χ0v) is 9.84. The number of aromatic nitrogens is 1. The van der Waals surface area contributed by atoms with E-state index in [0.717, 1.165) is 18.5 Å². The molecule has 1 aromatic rings. The summed E-state index contributed by atoms with van der Waals surface area (Å²) in [6.07, 6.45) is 1.96. The van der Waals surface area contributed by atoms with E-state index < -0.39 is 11.8 Å². The second kappa shape index (κ2) is 4.61. The van der Waals surface area contributed by atoms with E-state index in [-0.39, 0.29) is 0 Å². The van der Waals surface area contributed by atoms with Crippen molar-refractivity contribution in [1.29, 1.82) is 0 Å². The van der Waals surface area contributed by atoms with Gasteiger partial charge >= 0.3 is 11.8 Å². The maximum absolute atomic E-state index is 11.6. The van der Waals surface area contributed by atoms with Crippen LogP contribution < -0.4 is 5.32 Å². The van der Waals surface area contributed by atoms with Crippen molar-refractivity contribution < 1.29 is 9.59 Å². The number of likely N-dealkylation sites (tertiary alicyclic amines) is 1. The minimum absolute atomic E-state index is 0.453. The van der Waals surface area contributed by atoms with Gasteiger partial charge in [0.2, 0.25) is 0 Å². The van der Waals surface area contributed by atoms with Crippen molar-refractivity contribution in [2.75, 3.05) is 18.4 Å². The number of hydrogen-bond acceptors (Lipinski definition) is 4. The minimum atomic E-state index is -0.587. The average Bonchev–Trinajstić information content (AvgIpc) is 2.88. The van der Waals surface area contributed by atoms with Gasteiger partial charge in [0.15, 0.2) is 5.13 Å². The van der Waals surface area contributed by atoms with E-state index in [1.165, 1.54) is 11.3 Å². The third-order valence-corrected chi connectivity index (χ3v) is 3.30. The van der Waals surface area contributed by atoms with Gasteiger partial charge in [0.05, 0.1) is 5.69 Å². The Morgan fingerprint density at radius 2 is 2.12 bits per heavy atom. The lowest BCUT2D eigenvalue weighted by Gasteiger charge is -2.13. The molecule has 0 aromatic carbocycles. The lowest BCUT2D eigenvalue weighted by atomic mass is 10.4. The van der Waals surface area contributed by atoms with Crippen LogP contribution in [0.5, 0.6) is 0 Å². The molecule has 2 rings (SSSR count). The molecule has 0 bridgehead atoms. The number of amides is 2. The van der Waals surface area contributed by atoms with Crippen LogP contribution in [0.1, 0.15) is 18.5 Å². The topological polar surface area (TPSA) is 62.3 Å². The molecule has 1 aromatic heterocycles. The Balaban J connectivity index is 1.94. The molecular formula is C10H13N3O2S. The third kappa shape index (κ3) is 2.38. The summed E-state index contributed by atoms with van der Waals surface area (Å²) in [4.78, 5) is 28.9. The van der Waals surface area contributed by atoms with E-state index in [4.69, 9.17) is 0 Å². The molecule has 1 aliphatic heterocycles. The second-order valence-electron chi connectivity index (χ2n) is 3.75. The van der Waals surface area contributed by atoms with Crippen molar-refractivity contribution in [3.05, 3.63) is 11.1 Å². The Kier molecular flexibility index (Phi) is 3.19. The first-order chi connectivity index (χ1) is 7.66. The summed E-state index contributed by atoms with van der Waals surface area (Å²) in [5.41, 5.74) is 0.842. The van der Waals surface area contributed by atoms with Crippen molar-refractivity contribution in [1.82, 2.24) is 9.88 Å². The molecule has 6 heteroatoms. The molecule has 1 saturated heterocycles. The van der Waals surface area contributed by atoms with E-state index in [9.17, 15) is 9.59 Å². The van der Waals surface area contributed by atoms with Crippen LogP contribution in [0, 0.1) is 6.92 Å².